The molecule has 0 aromatic heterocycles. The highest BCUT2D eigenvalue weighted by Gasteiger charge is 2.05. The van der Waals surface area contributed by atoms with Gasteiger partial charge in [0.2, 0.25) is 0 Å². The first-order valence-corrected chi connectivity index (χ1v) is 6.11. The van der Waals surface area contributed by atoms with Crippen LogP contribution in [0.25, 0.3) is 0 Å². The Kier molecular flexibility index (Phi) is 5.37. The lowest BCUT2D eigenvalue weighted by molar-refractivity contribution is 0.218. The molecule has 0 aliphatic rings. The van der Waals surface area contributed by atoms with Gasteiger partial charge in [0.05, 0.1) is 21.4 Å². The average molecular weight is 291 g/mol. The number of hydrogen-bond acceptors (Lipinski definition) is 3. The van der Waals surface area contributed by atoms with Crippen LogP contribution in [0.4, 0.5) is 16.2 Å². The minimum Gasteiger partial charge on any atom is -0.397 e. The van der Waals surface area contributed by atoms with E-state index in [4.69, 9.17) is 28.9 Å². The first kappa shape index (κ1) is 14.7. The van der Waals surface area contributed by atoms with Gasteiger partial charge in [0.15, 0.2) is 0 Å². The molecule has 100 valence electrons. The SMILES string of the molecule is CN(C)C(=O)NCCNc1cc(Cl)c(Cl)cc1N. The van der Waals surface area contributed by atoms with Gasteiger partial charge in [-0.2, -0.15) is 0 Å². The van der Waals surface area contributed by atoms with Crippen molar-refractivity contribution in [3.8, 4) is 0 Å². The molecule has 0 saturated carbocycles. The molecule has 0 aliphatic heterocycles. The number of anilines is 2. The zero-order valence-corrected chi connectivity index (χ0v) is 11.8. The number of carbonyl (C=O) groups is 1. The molecule has 0 spiro atoms. The molecule has 7 heteroatoms. The Balaban J connectivity index is 2.45. The van der Waals surface area contributed by atoms with Crippen molar-refractivity contribution < 1.29 is 4.79 Å². The molecule has 2 amide bonds. The van der Waals surface area contributed by atoms with E-state index in [9.17, 15) is 4.79 Å². The van der Waals surface area contributed by atoms with E-state index in [1.54, 1.807) is 26.2 Å². The highest BCUT2D eigenvalue weighted by molar-refractivity contribution is 6.42. The minimum absolute atomic E-state index is 0.140. The molecule has 0 bridgehead atoms. The van der Waals surface area contributed by atoms with Crippen LogP contribution in [-0.2, 0) is 0 Å². The zero-order valence-electron chi connectivity index (χ0n) is 10.3. The summed E-state index contributed by atoms with van der Waals surface area (Å²) in [7, 11) is 3.36. The third-order valence-electron chi connectivity index (χ3n) is 2.22. The number of hydrogen-bond donors (Lipinski definition) is 3. The maximum Gasteiger partial charge on any atom is 0.316 e. The molecular weight excluding hydrogens is 275 g/mol. The molecule has 1 aromatic rings. The van der Waals surface area contributed by atoms with Gasteiger partial charge in [-0.3, -0.25) is 0 Å². The Morgan fingerprint density at radius 1 is 1.28 bits per heavy atom. The maximum atomic E-state index is 11.2. The van der Waals surface area contributed by atoms with E-state index in [1.165, 1.54) is 4.90 Å². The van der Waals surface area contributed by atoms with Crippen molar-refractivity contribution in [3.05, 3.63) is 22.2 Å². The van der Waals surface area contributed by atoms with Crippen molar-refractivity contribution in [3.63, 3.8) is 0 Å². The molecule has 0 aliphatic carbocycles. The summed E-state index contributed by atoms with van der Waals surface area (Å²) in [6.07, 6.45) is 0. The topological polar surface area (TPSA) is 70.4 Å². The third-order valence-corrected chi connectivity index (χ3v) is 2.94. The molecule has 5 nitrogen and oxygen atoms in total. The third kappa shape index (κ3) is 4.16. The second-order valence-electron chi connectivity index (χ2n) is 3.91. The largest absolute Gasteiger partial charge is 0.397 e. The van der Waals surface area contributed by atoms with Crippen molar-refractivity contribution in [1.29, 1.82) is 0 Å². The molecule has 0 radical (unpaired) electrons. The van der Waals surface area contributed by atoms with Gasteiger partial charge < -0.3 is 21.3 Å². The lowest BCUT2D eigenvalue weighted by Crippen LogP contribution is -2.37. The van der Waals surface area contributed by atoms with Crippen molar-refractivity contribution in [2.75, 3.05) is 38.2 Å². The van der Waals surface area contributed by atoms with Crippen LogP contribution in [0.5, 0.6) is 0 Å². The quantitative estimate of drug-likeness (QED) is 0.588. The van der Waals surface area contributed by atoms with Crippen LogP contribution in [0.2, 0.25) is 10.0 Å². The summed E-state index contributed by atoms with van der Waals surface area (Å²) >= 11 is 11.7. The van der Waals surface area contributed by atoms with Crippen LogP contribution in [-0.4, -0.2) is 38.1 Å². The van der Waals surface area contributed by atoms with Crippen LogP contribution in [0.3, 0.4) is 0 Å². The number of urea groups is 1. The van der Waals surface area contributed by atoms with Gasteiger partial charge in [-0.25, -0.2) is 4.79 Å². The monoisotopic (exact) mass is 290 g/mol. The fourth-order valence-electron chi connectivity index (χ4n) is 1.24. The second-order valence-corrected chi connectivity index (χ2v) is 4.72. The van der Waals surface area contributed by atoms with Gasteiger partial charge in [-0.05, 0) is 12.1 Å². The van der Waals surface area contributed by atoms with Crippen molar-refractivity contribution in [2.45, 2.75) is 0 Å². The minimum atomic E-state index is -0.140. The summed E-state index contributed by atoms with van der Waals surface area (Å²) < 4.78 is 0. The highest BCUT2D eigenvalue weighted by Crippen LogP contribution is 2.30. The van der Waals surface area contributed by atoms with Crippen molar-refractivity contribution in [2.24, 2.45) is 0 Å². The summed E-state index contributed by atoms with van der Waals surface area (Å²) in [6, 6.07) is 3.11. The number of rotatable bonds is 4. The molecule has 0 heterocycles. The van der Waals surface area contributed by atoms with E-state index < -0.39 is 0 Å². The fourth-order valence-corrected chi connectivity index (χ4v) is 1.58. The molecule has 1 rings (SSSR count). The average Bonchev–Trinajstić information content (AvgIpc) is 2.30. The molecule has 0 unspecified atom stereocenters. The van der Waals surface area contributed by atoms with Gasteiger partial charge in [0.25, 0.3) is 0 Å². The summed E-state index contributed by atoms with van der Waals surface area (Å²) in [4.78, 5) is 12.7. The lowest BCUT2D eigenvalue weighted by Gasteiger charge is -2.14. The Morgan fingerprint density at radius 2 is 1.89 bits per heavy atom. The maximum absolute atomic E-state index is 11.2. The predicted octanol–water partition coefficient (Wildman–Crippen LogP) is 2.26. The Hall–Kier alpha value is -1.33. The number of halogens is 2. The number of amides is 2. The second kappa shape index (κ2) is 6.56. The Labute approximate surface area is 116 Å². The summed E-state index contributed by atoms with van der Waals surface area (Å²) in [6.45, 7) is 1.03. The molecule has 4 N–H and O–H groups in total. The number of nitrogen functional groups attached to an aromatic ring is 1. The molecule has 0 saturated heterocycles. The van der Waals surface area contributed by atoms with Crippen LogP contribution < -0.4 is 16.4 Å². The highest BCUT2D eigenvalue weighted by atomic mass is 35.5. The molecule has 0 fully saturated rings. The lowest BCUT2D eigenvalue weighted by atomic mass is 10.2. The number of nitrogens with zero attached hydrogens (tertiary/aromatic N) is 1. The molecule has 18 heavy (non-hydrogen) atoms. The van der Waals surface area contributed by atoms with Gasteiger partial charge in [0.1, 0.15) is 0 Å². The number of nitrogens with one attached hydrogen (secondary N) is 2. The van der Waals surface area contributed by atoms with Crippen LogP contribution >= 0.6 is 23.2 Å². The summed E-state index contributed by atoms with van der Waals surface area (Å²) in [5.74, 6) is 0. The van der Waals surface area contributed by atoms with Crippen molar-refractivity contribution in [1.82, 2.24) is 10.2 Å². The van der Waals surface area contributed by atoms with Crippen LogP contribution in [0, 0.1) is 0 Å². The number of carbonyl (C=O) groups excluding carboxylic acids is 1. The van der Waals surface area contributed by atoms with E-state index in [2.05, 4.69) is 10.6 Å². The Morgan fingerprint density at radius 3 is 2.50 bits per heavy atom. The zero-order chi connectivity index (χ0) is 13.7. The van der Waals surface area contributed by atoms with E-state index in [-0.39, 0.29) is 6.03 Å². The van der Waals surface area contributed by atoms with Gasteiger partial charge >= 0.3 is 6.03 Å². The van der Waals surface area contributed by atoms with Gasteiger partial charge in [-0.15, -0.1) is 0 Å². The molecular formula is C11H16Cl2N4O. The predicted molar refractivity (Wildman–Crippen MR) is 76.4 cm³/mol. The Bertz CT molecular complexity index is 437. The van der Waals surface area contributed by atoms with Crippen LogP contribution in [0.1, 0.15) is 0 Å². The standard InChI is InChI=1S/C11H16Cl2N4O/c1-17(2)11(18)16-4-3-15-10-6-8(13)7(12)5-9(10)14/h5-6,15H,3-4,14H2,1-2H3,(H,16,18). The van der Waals surface area contributed by atoms with Gasteiger partial charge in [-0.1, -0.05) is 23.2 Å². The number of benzene rings is 1. The fraction of sp³-hybridized carbons (Fsp3) is 0.364. The first-order valence-electron chi connectivity index (χ1n) is 5.35. The summed E-state index contributed by atoms with van der Waals surface area (Å²) in [5, 5.41) is 6.65. The first-order chi connectivity index (χ1) is 8.41. The van der Waals surface area contributed by atoms with E-state index >= 15 is 0 Å². The van der Waals surface area contributed by atoms with E-state index in [1.807, 2.05) is 0 Å². The normalized spacial score (nSPS) is 10.0. The van der Waals surface area contributed by atoms with Gasteiger partial charge in [0, 0.05) is 27.2 Å². The smallest absolute Gasteiger partial charge is 0.316 e. The summed E-state index contributed by atoms with van der Waals surface area (Å²) in [5.41, 5.74) is 6.99. The van der Waals surface area contributed by atoms with Crippen LogP contribution in [0.15, 0.2) is 12.1 Å². The van der Waals surface area contributed by atoms with Crippen molar-refractivity contribution >= 4 is 40.6 Å². The number of nitrogens with two attached hydrogens (primary N) is 1. The van der Waals surface area contributed by atoms with E-state index in [0.29, 0.717) is 34.5 Å². The molecule has 1 aromatic carbocycles. The van der Waals surface area contributed by atoms with E-state index in [0.717, 1.165) is 0 Å². The molecule has 0 atom stereocenters.